The maximum absolute atomic E-state index is 13.7. The van der Waals surface area contributed by atoms with Crippen LogP contribution in [0.4, 0.5) is 9.52 Å². The lowest BCUT2D eigenvalue weighted by Crippen LogP contribution is -2.04. The first-order valence-corrected chi connectivity index (χ1v) is 7.82. The first-order chi connectivity index (χ1) is 9.06. The average Bonchev–Trinajstić information content (AvgIpc) is 2.78. The van der Waals surface area contributed by atoms with E-state index in [9.17, 15) is 9.18 Å². The van der Waals surface area contributed by atoms with E-state index < -0.39 is 0 Å². The molecule has 2 aromatic rings. The van der Waals surface area contributed by atoms with Crippen molar-refractivity contribution in [1.82, 2.24) is 10.2 Å². The number of nitrogens with zero attached hydrogens (tertiary/aromatic N) is 2. The highest BCUT2D eigenvalue weighted by Gasteiger charge is 2.09. The van der Waals surface area contributed by atoms with Crippen molar-refractivity contribution >= 4 is 50.1 Å². The van der Waals surface area contributed by atoms with Crippen LogP contribution in [0.2, 0.25) is 0 Å². The Morgan fingerprint density at radius 3 is 3.05 bits per heavy atom. The van der Waals surface area contributed by atoms with Crippen molar-refractivity contribution in [2.45, 2.75) is 17.0 Å². The number of hydrogen-bond donors (Lipinski definition) is 1. The summed E-state index contributed by atoms with van der Waals surface area (Å²) in [6.45, 7) is 1.41. The SMILES string of the molecule is CC(=O)Nc1nnc(SCc2cccc(Br)c2F)s1. The van der Waals surface area contributed by atoms with Gasteiger partial charge < -0.3 is 5.32 Å². The zero-order valence-electron chi connectivity index (χ0n) is 9.81. The Bertz CT molecular complexity index is 605. The van der Waals surface area contributed by atoms with E-state index in [2.05, 4.69) is 31.4 Å². The number of hydrogen-bond acceptors (Lipinski definition) is 5. The first-order valence-electron chi connectivity index (χ1n) is 5.23. The number of carbonyl (C=O) groups excluding carboxylic acids is 1. The number of halogens is 2. The zero-order valence-corrected chi connectivity index (χ0v) is 13.0. The van der Waals surface area contributed by atoms with Gasteiger partial charge in [-0.2, -0.15) is 0 Å². The smallest absolute Gasteiger partial charge is 0.223 e. The van der Waals surface area contributed by atoms with Gasteiger partial charge in [-0.1, -0.05) is 35.2 Å². The van der Waals surface area contributed by atoms with Crippen molar-refractivity contribution in [2.75, 3.05) is 5.32 Å². The Morgan fingerprint density at radius 1 is 1.53 bits per heavy atom. The minimum absolute atomic E-state index is 0.189. The molecule has 0 bridgehead atoms. The summed E-state index contributed by atoms with van der Waals surface area (Å²) in [6, 6.07) is 5.16. The molecular formula is C11H9BrFN3OS2. The van der Waals surface area contributed by atoms with Gasteiger partial charge in [-0.05, 0) is 27.6 Å². The molecule has 1 aromatic carbocycles. The molecule has 0 atom stereocenters. The van der Waals surface area contributed by atoms with Crippen molar-refractivity contribution in [3.8, 4) is 0 Å². The highest BCUT2D eigenvalue weighted by molar-refractivity contribution is 9.10. The standard InChI is InChI=1S/C11H9BrFN3OS2/c1-6(17)14-10-15-16-11(19-10)18-5-7-3-2-4-8(12)9(7)13/h2-4H,5H2,1H3,(H,14,15,17). The first kappa shape index (κ1) is 14.4. The molecule has 0 saturated carbocycles. The van der Waals surface area contributed by atoms with Crippen LogP contribution in [-0.4, -0.2) is 16.1 Å². The summed E-state index contributed by atoms with van der Waals surface area (Å²) in [5.41, 5.74) is 0.593. The lowest BCUT2D eigenvalue weighted by molar-refractivity contribution is -0.114. The number of thioether (sulfide) groups is 1. The molecule has 0 fully saturated rings. The minimum Gasteiger partial charge on any atom is -0.301 e. The minimum atomic E-state index is -0.262. The van der Waals surface area contributed by atoms with E-state index >= 15 is 0 Å². The number of aromatic nitrogens is 2. The number of amides is 1. The van der Waals surface area contributed by atoms with Crippen molar-refractivity contribution < 1.29 is 9.18 Å². The lowest BCUT2D eigenvalue weighted by atomic mass is 10.2. The maximum atomic E-state index is 13.7. The predicted octanol–water partition coefficient (Wildman–Crippen LogP) is 3.69. The van der Waals surface area contributed by atoms with E-state index in [-0.39, 0.29) is 11.7 Å². The largest absolute Gasteiger partial charge is 0.301 e. The normalized spacial score (nSPS) is 10.5. The molecule has 1 amide bonds. The fourth-order valence-corrected chi connectivity index (χ4v) is 3.45. The van der Waals surface area contributed by atoms with Gasteiger partial charge in [0.2, 0.25) is 11.0 Å². The highest BCUT2D eigenvalue weighted by Crippen LogP contribution is 2.30. The van der Waals surface area contributed by atoms with Crippen LogP contribution in [0.3, 0.4) is 0 Å². The van der Waals surface area contributed by atoms with Gasteiger partial charge in [-0.3, -0.25) is 4.79 Å². The number of benzene rings is 1. The maximum Gasteiger partial charge on any atom is 0.223 e. The summed E-state index contributed by atoms with van der Waals surface area (Å²) in [5.74, 6) is 0.00677. The van der Waals surface area contributed by atoms with E-state index in [4.69, 9.17) is 0 Å². The van der Waals surface area contributed by atoms with Gasteiger partial charge in [-0.25, -0.2) is 4.39 Å². The Balaban J connectivity index is 2.00. The van der Waals surface area contributed by atoms with Crippen LogP contribution in [0, 0.1) is 5.82 Å². The Kier molecular flexibility index (Phi) is 4.89. The molecule has 19 heavy (non-hydrogen) atoms. The average molecular weight is 362 g/mol. The third-order valence-electron chi connectivity index (χ3n) is 2.07. The summed E-state index contributed by atoms with van der Waals surface area (Å²) in [4.78, 5) is 10.9. The highest BCUT2D eigenvalue weighted by atomic mass is 79.9. The quantitative estimate of drug-likeness (QED) is 0.666. The summed E-state index contributed by atoms with van der Waals surface area (Å²) in [5, 5.41) is 10.7. The molecule has 0 radical (unpaired) electrons. The second kappa shape index (κ2) is 6.44. The van der Waals surface area contributed by atoms with Crippen molar-refractivity contribution in [1.29, 1.82) is 0 Å². The van der Waals surface area contributed by atoms with Crippen LogP contribution in [0.15, 0.2) is 27.0 Å². The Morgan fingerprint density at radius 2 is 2.32 bits per heavy atom. The van der Waals surface area contributed by atoms with Crippen LogP contribution in [0.25, 0.3) is 0 Å². The second-order valence-corrected chi connectivity index (χ2v) is 6.61. The van der Waals surface area contributed by atoms with Crippen LogP contribution in [-0.2, 0) is 10.5 Å². The molecule has 0 spiro atoms. The molecule has 100 valence electrons. The summed E-state index contributed by atoms with van der Waals surface area (Å²) in [7, 11) is 0. The van der Waals surface area contributed by atoms with Crippen LogP contribution < -0.4 is 5.32 Å². The lowest BCUT2D eigenvalue weighted by Gasteiger charge is -2.02. The van der Waals surface area contributed by atoms with E-state index in [1.165, 1.54) is 30.0 Å². The van der Waals surface area contributed by atoms with Crippen LogP contribution in [0.5, 0.6) is 0 Å². The van der Waals surface area contributed by atoms with E-state index in [0.717, 1.165) is 0 Å². The van der Waals surface area contributed by atoms with Crippen LogP contribution in [0.1, 0.15) is 12.5 Å². The zero-order chi connectivity index (χ0) is 13.8. The molecule has 4 nitrogen and oxygen atoms in total. The molecular weight excluding hydrogens is 353 g/mol. The van der Waals surface area contributed by atoms with Gasteiger partial charge in [0.1, 0.15) is 5.82 Å². The van der Waals surface area contributed by atoms with Crippen molar-refractivity contribution in [3.63, 3.8) is 0 Å². The molecule has 1 N–H and O–H groups in total. The number of anilines is 1. The monoisotopic (exact) mass is 361 g/mol. The van der Waals surface area contributed by atoms with E-state index in [0.29, 0.717) is 25.3 Å². The van der Waals surface area contributed by atoms with Crippen molar-refractivity contribution in [2.24, 2.45) is 0 Å². The second-order valence-electron chi connectivity index (χ2n) is 3.56. The van der Waals surface area contributed by atoms with E-state index in [1.54, 1.807) is 18.2 Å². The fraction of sp³-hybridized carbons (Fsp3) is 0.182. The van der Waals surface area contributed by atoms with Gasteiger partial charge >= 0.3 is 0 Å². The Hall–Kier alpha value is -0.990. The summed E-state index contributed by atoms with van der Waals surface area (Å²) >= 11 is 5.79. The molecule has 0 saturated heterocycles. The summed E-state index contributed by atoms with van der Waals surface area (Å²) in [6.07, 6.45) is 0. The van der Waals surface area contributed by atoms with Crippen LogP contribution >= 0.6 is 39.0 Å². The van der Waals surface area contributed by atoms with Gasteiger partial charge in [0, 0.05) is 12.7 Å². The molecule has 0 aliphatic carbocycles. The van der Waals surface area contributed by atoms with Crippen molar-refractivity contribution in [3.05, 3.63) is 34.1 Å². The molecule has 1 aromatic heterocycles. The summed E-state index contributed by atoms with van der Waals surface area (Å²) < 4.78 is 14.9. The molecule has 1 heterocycles. The third-order valence-corrected chi connectivity index (χ3v) is 4.71. The molecule has 0 unspecified atom stereocenters. The van der Waals surface area contributed by atoms with Gasteiger partial charge in [-0.15, -0.1) is 10.2 Å². The Labute approximate surface area is 125 Å². The number of rotatable bonds is 4. The molecule has 2 rings (SSSR count). The molecule has 0 aliphatic heterocycles. The van der Waals surface area contributed by atoms with E-state index in [1.807, 2.05) is 0 Å². The van der Waals surface area contributed by atoms with Gasteiger partial charge in [0.25, 0.3) is 0 Å². The molecule has 8 heteroatoms. The topological polar surface area (TPSA) is 54.9 Å². The number of nitrogens with one attached hydrogen (secondary N) is 1. The predicted molar refractivity (Wildman–Crippen MR) is 77.9 cm³/mol. The number of carbonyl (C=O) groups is 1. The molecule has 0 aliphatic rings. The van der Waals surface area contributed by atoms with Gasteiger partial charge in [0.05, 0.1) is 4.47 Å². The fourth-order valence-electron chi connectivity index (χ4n) is 1.27. The third kappa shape index (κ3) is 3.99. The van der Waals surface area contributed by atoms with Gasteiger partial charge in [0.15, 0.2) is 4.34 Å².